The van der Waals surface area contributed by atoms with Crippen LogP contribution in [0.4, 0.5) is 0 Å². The zero-order valence-electron chi connectivity index (χ0n) is 22.9. The lowest BCUT2D eigenvalue weighted by Crippen LogP contribution is -2.32. The van der Waals surface area contributed by atoms with Crippen LogP contribution in [0.1, 0.15) is 30.1 Å². The van der Waals surface area contributed by atoms with Gasteiger partial charge in [-0.2, -0.15) is 5.10 Å². The lowest BCUT2D eigenvalue weighted by molar-refractivity contribution is 0.202. The molecule has 0 aliphatic carbocycles. The van der Waals surface area contributed by atoms with E-state index in [0.717, 1.165) is 83.7 Å². The van der Waals surface area contributed by atoms with Crippen molar-refractivity contribution < 1.29 is 4.74 Å². The van der Waals surface area contributed by atoms with Gasteiger partial charge in [0.05, 0.1) is 18.5 Å². The monoisotopic (exact) mass is 541 g/mol. The fraction of sp³-hybridized carbons (Fsp3) is 0.212. The van der Waals surface area contributed by atoms with Gasteiger partial charge in [-0.15, -0.1) is 0 Å². The maximum atomic E-state index is 5.37. The lowest BCUT2D eigenvalue weighted by Gasteiger charge is -2.30. The number of hydrogen-bond donors (Lipinski definition) is 1. The number of hydrogen-bond acceptors (Lipinski definition) is 6. The molecule has 8 nitrogen and oxygen atoms in total. The standard InChI is InChI=1S/C33H31N7O/c1-41-27-14-12-25(13-15-27)31-30(35-29-7-3-5-19-40(29)31)24-10-8-23(9-11-24)22-39-20-16-26(17-21-39)32-36-33(38-37-32)28-6-2-4-18-34-28/h2-15,18-19,26H,16-17,20-22H2,1H3,(H,36,37,38). The Morgan fingerprint density at radius 2 is 1.63 bits per heavy atom. The molecule has 0 saturated carbocycles. The number of nitrogens with one attached hydrogen (secondary N) is 1. The second-order valence-electron chi connectivity index (χ2n) is 10.5. The van der Waals surface area contributed by atoms with Gasteiger partial charge in [-0.1, -0.05) is 36.4 Å². The molecule has 4 aromatic heterocycles. The molecule has 0 amide bonds. The van der Waals surface area contributed by atoms with Crippen molar-refractivity contribution in [3.63, 3.8) is 0 Å². The Bertz CT molecular complexity index is 1750. The summed E-state index contributed by atoms with van der Waals surface area (Å²) >= 11 is 0. The average Bonchev–Trinajstić information content (AvgIpc) is 3.68. The molecule has 8 heteroatoms. The third-order valence-electron chi connectivity index (χ3n) is 7.89. The minimum Gasteiger partial charge on any atom is -0.497 e. The molecule has 5 heterocycles. The van der Waals surface area contributed by atoms with Crippen LogP contribution in [0, 0.1) is 0 Å². The van der Waals surface area contributed by atoms with Crippen LogP contribution in [0.15, 0.2) is 97.3 Å². The summed E-state index contributed by atoms with van der Waals surface area (Å²) in [5, 5.41) is 7.58. The third kappa shape index (κ3) is 5.10. The number of nitrogens with zero attached hydrogens (tertiary/aromatic N) is 6. The van der Waals surface area contributed by atoms with Crippen molar-refractivity contribution in [3.8, 4) is 39.8 Å². The van der Waals surface area contributed by atoms with Crippen molar-refractivity contribution >= 4 is 5.65 Å². The van der Waals surface area contributed by atoms with E-state index in [1.807, 2.05) is 48.5 Å². The Hall–Kier alpha value is -4.82. The molecule has 0 spiro atoms. The highest BCUT2D eigenvalue weighted by molar-refractivity contribution is 5.82. The van der Waals surface area contributed by atoms with E-state index in [-0.39, 0.29) is 0 Å². The highest BCUT2D eigenvalue weighted by Gasteiger charge is 2.24. The maximum Gasteiger partial charge on any atom is 0.174 e. The van der Waals surface area contributed by atoms with E-state index in [1.54, 1.807) is 13.3 Å². The molecule has 1 aliphatic rings. The highest BCUT2D eigenvalue weighted by Crippen LogP contribution is 2.34. The fourth-order valence-electron chi connectivity index (χ4n) is 5.67. The molecule has 41 heavy (non-hydrogen) atoms. The Morgan fingerprint density at radius 1 is 0.854 bits per heavy atom. The zero-order chi connectivity index (χ0) is 27.6. The number of rotatable bonds is 7. The molecule has 2 aromatic carbocycles. The highest BCUT2D eigenvalue weighted by atomic mass is 16.5. The minimum absolute atomic E-state index is 0.369. The lowest BCUT2D eigenvalue weighted by atomic mass is 9.95. The van der Waals surface area contributed by atoms with Crippen molar-refractivity contribution in [2.75, 3.05) is 20.2 Å². The van der Waals surface area contributed by atoms with Crippen LogP contribution in [0.25, 0.3) is 39.7 Å². The van der Waals surface area contributed by atoms with E-state index >= 15 is 0 Å². The van der Waals surface area contributed by atoms with Gasteiger partial charge in [-0.3, -0.25) is 19.4 Å². The van der Waals surface area contributed by atoms with Crippen LogP contribution >= 0.6 is 0 Å². The first kappa shape index (κ1) is 25.2. The van der Waals surface area contributed by atoms with Crippen molar-refractivity contribution in [2.45, 2.75) is 25.3 Å². The summed E-state index contributed by atoms with van der Waals surface area (Å²) in [6.07, 6.45) is 5.94. The largest absolute Gasteiger partial charge is 0.497 e. The van der Waals surface area contributed by atoms with Gasteiger partial charge in [0.15, 0.2) is 11.6 Å². The summed E-state index contributed by atoms with van der Waals surface area (Å²) in [4.78, 5) is 16.6. The number of fused-ring (bicyclic) bond motifs is 1. The van der Waals surface area contributed by atoms with Crippen molar-refractivity contribution in [1.82, 2.24) is 34.4 Å². The summed E-state index contributed by atoms with van der Waals surface area (Å²) < 4.78 is 7.53. The second-order valence-corrected chi connectivity index (χ2v) is 10.5. The molecule has 204 valence electrons. The number of pyridine rings is 2. The van der Waals surface area contributed by atoms with Crippen LogP contribution in [0.5, 0.6) is 5.75 Å². The topological polar surface area (TPSA) is 84.2 Å². The van der Waals surface area contributed by atoms with E-state index < -0.39 is 0 Å². The molecular formula is C33H31N7O. The number of ether oxygens (including phenoxy) is 1. The van der Waals surface area contributed by atoms with Gasteiger partial charge in [0.1, 0.15) is 17.1 Å². The maximum absolute atomic E-state index is 5.37. The molecule has 1 aliphatic heterocycles. The predicted octanol–water partition coefficient (Wildman–Crippen LogP) is 6.24. The van der Waals surface area contributed by atoms with Gasteiger partial charge in [-0.25, -0.2) is 9.97 Å². The zero-order valence-corrected chi connectivity index (χ0v) is 22.9. The smallest absolute Gasteiger partial charge is 0.174 e. The number of benzene rings is 2. The molecule has 0 bridgehead atoms. The van der Waals surface area contributed by atoms with Crippen LogP contribution < -0.4 is 4.74 Å². The van der Waals surface area contributed by atoms with Crippen LogP contribution in [0.3, 0.4) is 0 Å². The summed E-state index contributed by atoms with van der Waals surface area (Å²) in [7, 11) is 1.69. The number of methoxy groups -OCH3 is 1. The normalized spacial score (nSPS) is 14.5. The molecule has 1 N–H and O–H groups in total. The van der Waals surface area contributed by atoms with Crippen LogP contribution in [0.2, 0.25) is 0 Å². The molecule has 0 unspecified atom stereocenters. The van der Waals surface area contributed by atoms with Gasteiger partial charge >= 0.3 is 0 Å². The quantitative estimate of drug-likeness (QED) is 0.258. The molecule has 0 radical (unpaired) electrons. The molecule has 7 rings (SSSR count). The van der Waals surface area contributed by atoms with Gasteiger partial charge in [0, 0.05) is 36.0 Å². The summed E-state index contributed by atoms with van der Waals surface area (Å²) in [6, 6.07) is 29.0. The summed E-state index contributed by atoms with van der Waals surface area (Å²) in [5.74, 6) is 2.85. The van der Waals surface area contributed by atoms with Gasteiger partial charge in [0.25, 0.3) is 0 Å². The predicted molar refractivity (Wildman–Crippen MR) is 159 cm³/mol. The molecule has 0 atom stereocenters. The third-order valence-corrected chi connectivity index (χ3v) is 7.89. The number of imidazole rings is 1. The minimum atomic E-state index is 0.369. The number of aromatic nitrogens is 6. The Balaban J connectivity index is 1.04. The van der Waals surface area contributed by atoms with Crippen LogP contribution in [-0.2, 0) is 6.54 Å². The van der Waals surface area contributed by atoms with Crippen molar-refractivity contribution in [3.05, 3.63) is 109 Å². The molecule has 1 fully saturated rings. The van der Waals surface area contributed by atoms with Crippen LogP contribution in [-0.4, -0.2) is 54.6 Å². The van der Waals surface area contributed by atoms with E-state index in [9.17, 15) is 0 Å². The first-order chi connectivity index (χ1) is 20.2. The average molecular weight is 542 g/mol. The van der Waals surface area contributed by atoms with E-state index in [2.05, 4.69) is 67.1 Å². The summed E-state index contributed by atoms with van der Waals surface area (Å²) in [5.41, 5.74) is 7.32. The van der Waals surface area contributed by atoms with Gasteiger partial charge < -0.3 is 4.74 Å². The Morgan fingerprint density at radius 3 is 2.39 bits per heavy atom. The Kier molecular flexibility index (Phi) is 6.74. The molecule has 1 saturated heterocycles. The molecular weight excluding hydrogens is 510 g/mol. The number of likely N-dealkylation sites (tertiary alicyclic amines) is 1. The van der Waals surface area contributed by atoms with E-state index in [4.69, 9.17) is 14.7 Å². The number of piperidine rings is 1. The first-order valence-electron chi connectivity index (χ1n) is 14.0. The van der Waals surface area contributed by atoms with Crippen molar-refractivity contribution in [1.29, 1.82) is 0 Å². The summed E-state index contributed by atoms with van der Waals surface area (Å²) in [6.45, 7) is 2.97. The molecule has 6 aromatic rings. The van der Waals surface area contributed by atoms with Crippen molar-refractivity contribution in [2.24, 2.45) is 0 Å². The first-order valence-corrected chi connectivity index (χ1v) is 14.0. The number of aromatic amines is 1. The fourth-order valence-corrected chi connectivity index (χ4v) is 5.67. The number of H-pyrrole nitrogens is 1. The second kappa shape index (κ2) is 11.0. The van der Waals surface area contributed by atoms with Gasteiger partial charge in [0.2, 0.25) is 0 Å². The SMILES string of the molecule is COc1ccc(-c2c(-c3ccc(CN4CCC(c5n[nH]c(-c6ccccn6)n5)CC4)cc3)nc3ccccn23)cc1. The van der Waals surface area contributed by atoms with E-state index in [0.29, 0.717) is 5.92 Å². The van der Waals surface area contributed by atoms with E-state index in [1.165, 1.54) is 5.56 Å². The van der Waals surface area contributed by atoms with Gasteiger partial charge in [-0.05, 0) is 80.0 Å². The Labute approximate surface area is 238 Å².